The number of aromatic nitrogens is 1. The Hall–Kier alpha value is -1.68. The van der Waals surface area contributed by atoms with Crippen LogP contribution >= 0.6 is 11.3 Å². The zero-order chi connectivity index (χ0) is 18.1. The maximum absolute atomic E-state index is 12.2. The summed E-state index contributed by atoms with van der Waals surface area (Å²) in [7, 11) is 0. The molecule has 2 saturated carbocycles. The van der Waals surface area contributed by atoms with Crippen LogP contribution in [0, 0.1) is 17.8 Å². The average Bonchev–Trinajstić information content (AvgIpc) is 3.37. The normalized spacial score (nSPS) is 24.3. The van der Waals surface area contributed by atoms with Crippen molar-refractivity contribution in [2.24, 2.45) is 17.8 Å². The van der Waals surface area contributed by atoms with Gasteiger partial charge in [-0.2, -0.15) is 0 Å². The second kappa shape index (κ2) is 7.51. The number of fused-ring (bicyclic) bond motifs is 2. The number of carbonyl (C=O) groups excluding carboxylic acids is 1. The molecule has 0 amide bonds. The van der Waals surface area contributed by atoms with Crippen molar-refractivity contribution in [3.63, 3.8) is 0 Å². The molecular weight excluding hydrogens is 342 g/mol. The van der Waals surface area contributed by atoms with E-state index in [9.17, 15) is 4.79 Å². The van der Waals surface area contributed by atoms with Crippen molar-refractivity contribution in [1.82, 2.24) is 4.98 Å². The molecule has 26 heavy (non-hydrogen) atoms. The first-order valence-corrected chi connectivity index (χ1v) is 10.7. The van der Waals surface area contributed by atoms with E-state index in [1.165, 1.54) is 31.2 Å². The molecule has 4 heteroatoms. The Balaban J connectivity index is 1.30. The van der Waals surface area contributed by atoms with Crippen molar-refractivity contribution in [1.29, 1.82) is 0 Å². The number of esters is 1. The first-order chi connectivity index (χ1) is 12.6. The second-order valence-electron chi connectivity index (χ2n) is 8.22. The van der Waals surface area contributed by atoms with Gasteiger partial charge in [0.2, 0.25) is 0 Å². The van der Waals surface area contributed by atoms with Crippen LogP contribution in [-0.4, -0.2) is 11.0 Å². The van der Waals surface area contributed by atoms with E-state index < -0.39 is 0 Å². The van der Waals surface area contributed by atoms with Gasteiger partial charge in [-0.15, -0.1) is 11.3 Å². The molecule has 2 aliphatic rings. The van der Waals surface area contributed by atoms with Crippen molar-refractivity contribution < 1.29 is 9.53 Å². The van der Waals surface area contributed by atoms with Crippen LogP contribution in [0.2, 0.25) is 0 Å². The maximum Gasteiger partial charge on any atom is 0.306 e. The van der Waals surface area contributed by atoms with E-state index in [0.29, 0.717) is 24.9 Å². The van der Waals surface area contributed by atoms with Crippen molar-refractivity contribution in [2.45, 2.75) is 58.5 Å². The monoisotopic (exact) mass is 369 g/mol. The topological polar surface area (TPSA) is 39.2 Å². The second-order valence-corrected chi connectivity index (χ2v) is 9.08. The molecule has 0 saturated heterocycles. The molecular formula is C22H27NO2S. The minimum Gasteiger partial charge on any atom is -0.459 e. The van der Waals surface area contributed by atoms with Gasteiger partial charge in [0.25, 0.3) is 0 Å². The summed E-state index contributed by atoms with van der Waals surface area (Å²) in [6.07, 6.45) is 5.84. The lowest BCUT2D eigenvalue weighted by atomic mass is 9.86. The summed E-state index contributed by atoms with van der Waals surface area (Å²) >= 11 is 1.61. The van der Waals surface area contributed by atoms with Gasteiger partial charge < -0.3 is 4.74 Å². The molecule has 1 aromatic heterocycles. The minimum atomic E-state index is -0.0570. The molecule has 0 aliphatic heterocycles. The minimum absolute atomic E-state index is 0.0570. The van der Waals surface area contributed by atoms with Gasteiger partial charge in [0, 0.05) is 17.4 Å². The molecule has 0 spiro atoms. The molecule has 2 aliphatic carbocycles. The van der Waals surface area contributed by atoms with Crippen molar-refractivity contribution in [3.05, 3.63) is 40.9 Å². The lowest BCUT2D eigenvalue weighted by Crippen LogP contribution is -2.17. The van der Waals surface area contributed by atoms with Crippen LogP contribution < -0.4 is 0 Å². The van der Waals surface area contributed by atoms with Crippen molar-refractivity contribution >= 4 is 17.3 Å². The first-order valence-electron chi connectivity index (χ1n) is 9.79. The molecule has 2 fully saturated rings. The molecule has 1 heterocycles. The molecule has 3 atom stereocenters. The Morgan fingerprint density at radius 2 is 2.04 bits per heavy atom. The Morgan fingerprint density at radius 3 is 2.69 bits per heavy atom. The Bertz CT molecular complexity index is 765. The average molecular weight is 370 g/mol. The highest BCUT2D eigenvalue weighted by Gasteiger charge is 2.40. The number of rotatable bonds is 6. The highest BCUT2D eigenvalue weighted by molar-refractivity contribution is 7.13. The van der Waals surface area contributed by atoms with Crippen LogP contribution in [0.5, 0.6) is 0 Å². The molecule has 0 unspecified atom stereocenters. The highest BCUT2D eigenvalue weighted by atomic mass is 32.1. The standard InChI is InChI=1S/C22H27NO2S/c1-14(2)16-5-7-17(8-6-16)22-23-20(13-26-22)12-25-21(24)11-19-10-15-3-4-18(19)9-15/h5-8,13-15,18-19H,3-4,9-12H2,1-2H3/t15-,18+,19+/m0/s1. The number of benzene rings is 1. The van der Waals surface area contributed by atoms with E-state index >= 15 is 0 Å². The largest absolute Gasteiger partial charge is 0.459 e. The molecule has 2 bridgehead atoms. The van der Waals surface area contributed by atoms with E-state index in [1.54, 1.807) is 11.3 Å². The van der Waals surface area contributed by atoms with E-state index in [1.807, 2.05) is 5.38 Å². The van der Waals surface area contributed by atoms with Gasteiger partial charge in [-0.25, -0.2) is 4.98 Å². The molecule has 3 nitrogen and oxygen atoms in total. The van der Waals surface area contributed by atoms with E-state index in [2.05, 4.69) is 43.1 Å². The number of ether oxygens (including phenoxy) is 1. The molecule has 4 rings (SSSR count). The number of thiazole rings is 1. The fourth-order valence-electron chi connectivity index (χ4n) is 4.57. The molecule has 0 radical (unpaired) electrons. The van der Waals surface area contributed by atoms with E-state index in [4.69, 9.17) is 4.74 Å². The van der Waals surface area contributed by atoms with Crippen LogP contribution in [0.1, 0.15) is 63.1 Å². The molecule has 1 aromatic carbocycles. The number of hydrogen-bond donors (Lipinski definition) is 0. The fourth-order valence-corrected chi connectivity index (χ4v) is 5.38. The molecule has 0 N–H and O–H groups in total. The molecule has 2 aromatic rings. The number of hydrogen-bond acceptors (Lipinski definition) is 4. The number of nitrogens with zero attached hydrogens (tertiary/aromatic N) is 1. The van der Waals surface area contributed by atoms with Crippen LogP contribution in [-0.2, 0) is 16.1 Å². The van der Waals surface area contributed by atoms with E-state index in [0.717, 1.165) is 28.1 Å². The fraction of sp³-hybridized carbons (Fsp3) is 0.545. The van der Waals surface area contributed by atoms with Crippen LogP contribution in [0.3, 0.4) is 0 Å². The predicted octanol–water partition coefficient (Wildman–Crippen LogP) is 5.80. The highest BCUT2D eigenvalue weighted by Crippen LogP contribution is 2.49. The van der Waals surface area contributed by atoms with Gasteiger partial charge in [0.05, 0.1) is 5.69 Å². The van der Waals surface area contributed by atoms with Gasteiger partial charge in [-0.3, -0.25) is 4.79 Å². The van der Waals surface area contributed by atoms with E-state index in [-0.39, 0.29) is 5.97 Å². The summed E-state index contributed by atoms with van der Waals surface area (Å²) in [6.45, 7) is 4.68. The summed E-state index contributed by atoms with van der Waals surface area (Å²) in [5.74, 6) is 2.68. The Labute approximate surface area is 159 Å². The van der Waals surface area contributed by atoms with Gasteiger partial charge in [0.1, 0.15) is 11.6 Å². The Morgan fingerprint density at radius 1 is 1.23 bits per heavy atom. The van der Waals surface area contributed by atoms with Crippen LogP contribution in [0.15, 0.2) is 29.6 Å². The first kappa shape index (κ1) is 17.7. The summed E-state index contributed by atoms with van der Waals surface area (Å²) in [5.41, 5.74) is 3.30. The summed E-state index contributed by atoms with van der Waals surface area (Å²) < 4.78 is 5.50. The zero-order valence-corrected chi connectivity index (χ0v) is 16.4. The van der Waals surface area contributed by atoms with Crippen molar-refractivity contribution in [2.75, 3.05) is 0 Å². The number of carbonyl (C=O) groups is 1. The smallest absolute Gasteiger partial charge is 0.306 e. The van der Waals surface area contributed by atoms with Crippen LogP contribution in [0.4, 0.5) is 0 Å². The van der Waals surface area contributed by atoms with Gasteiger partial charge >= 0.3 is 5.97 Å². The van der Waals surface area contributed by atoms with Gasteiger partial charge in [-0.05, 0) is 48.5 Å². The summed E-state index contributed by atoms with van der Waals surface area (Å²) in [5, 5.41) is 2.98. The van der Waals surface area contributed by atoms with Crippen LogP contribution in [0.25, 0.3) is 10.6 Å². The lowest BCUT2D eigenvalue weighted by molar-refractivity contribution is -0.146. The molecule has 138 valence electrons. The summed E-state index contributed by atoms with van der Waals surface area (Å²) in [6, 6.07) is 8.57. The maximum atomic E-state index is 12.2. The Kier molecular flexibility index (Phi) is 5.12. The predicted molar refractivity (Wildman–Crippen MR) is 105 cm³/mol. The van der Waals surface area contributed by atoms with Gasteiger partial charge in [0.15, 0.2) is 0 Å². The summed E-state index contributed by atoms with van der Waals surface area (Å²) in [4.78, 5) is 16.8. The van der Waals surface area contributed by atoms with Crippen molar-refractivity contribution in [3.8, 4) is 10.6 Å². The lowest BCUT2D eigenvalue weighted by Gasteiger charge is -2.20. The third kappa shape index (κ3) is 3.85. The zero-order valence-electron chi connectivity index (χ0n) is 15.6. The SMILES string of the molecule is CC(C)c1ccc(-c2nc(COC(=O)C[C@H]3C[C@H]4CC[C@@H]3C4)cs2)cc1. The van der Waals surface area contributed by atoms with Gasteiger partial charge in [-0.1, -0.05) is 44.5 Å². The third-order valence-electron chi connectivity index (χ3n) is 6.07. The quantitative estimate of drug-likeness (QED) is 0.604. The third-order valence-corrected chi connectivity index (χ3v) is 7.01.